The third-order valence-electron chi connectivity index (χ3n) is 5.30. The summed E-state index contributed by atoms with van der Waals surface area (Å²) in [7, 11) is 0. The van der Waals surface area contributed by atoms with Crippen molar-refractivity contribution in [2.75, 3.05) is 13.1 Å². The molecule has 128 valence electrons. The Bertz CT molecular complexity index is 392. The number of nitrogens with zero attached hydrogens (tertiary/aromatic N) is 1. The average molecular weight is 333 g/mol. The van der Waals surface area contributed by atoms with Crippen LogP contribution in [0.3, 0.4) is 0 Å². The molecule has 4 unspecified atom stereocenters. The molecular formula is C16H29ClN2O3. The Balaban J connectivity index is 0.00000242. The molecule has 1 amide bonds. The fourth-order valence-corrected chi connectivity index (χ4v) is 3.68. The van der Waals surface area contributed by atoms with Gasteiger partial charge in [-0.3, -0.25) is 14.5 Å². The number of carboxylic acids is 1. The molecule has 6 heteroatoms. The monoisotopic (exact) mass is 332 g/mol. The second-order valence-electron chi connectivity index (χ2n) is 6.76. The summed E-state index contributed by atoms with van der Waals surface area (Å²) in [5, 5.41) is 12.4. The van der Waals surface area contributed by atoms with Crippen molar-refractivity contribution in [2.45, 2.75) is 64.5 Å². The van der Waals surface area contributed by atoms with Gasteiger partial charge in [-0.25, -0.2) is 0 Å². The third-order valence-corrected chi connectivity index (χ3v) is 5.30. The zero-order chi connectivity index (χ0) is 15.4. The van der Waals surface area contributed by atoms with Crippen LogP contribution in [-0.4, -0.2) is 47.1 Å². The first-order chi connectivity index (χ1) is 9.99. The van der Waals surface area contributed by atoms with Gasteiger partial charge in [-0.05, 0) is 37.6 Å². The van der Waals surface area contributed by atoms with E-state index in [1.165, 1.54) is 6.42 Å². The number of halogens is 1. The maximum atomic E-state index is 12.3. The Morgan fingerprint density at radius 2 is 1.86 bits per heavy atom. The summed E-state index contributed by atoms with van der Waals surface area (Å²) >= 11 is 0. The van der Waals surface area contributed by atoms with Crippen LogP contribution in [0.5, 0.6) is 0 Å². The summed E-state index contributed by atoms with van der Waals surface area (Å²) < 4.78 is 0. The van der Waals surface area contributed by atoms with Gasteiger partial charge in [-0.2, -0.15) is 0 Å². The van der Waals surface area contributed by atoms with Gasteiger partial charge in [0.25, 0.3) is 0 Å². The Hall–Kier alpha value is -0.810. The van der Waals surface area contributed by atoms with E-state index in [-0.39, 0.29) is 30.9 Å². The Labute approximate surface area is 139 Å². The average Bonchev–Trinajstić information content (AvgIpc) is 2.44. The Morgan fingerprint density at radius 3 is 2.55 bits per heavy atom. The molecule has 2 aliphatic rings. The van der Waals surface area contributed by atoms with Gasteiger partial charge in [-0.1, -0.05) is 33.1 Å². The van der Waals surface area contributed by atoms with Gasteiger partial charge in [0.15, 0.2) is 0 Å². The Morgan fingerprint density at radius 1 is 1.14 bits per heavy atom. The highest BCUT2D eigenvalue weighted by Gasteiger charge is 2.32. The van der Waals surface area contributed by atoms with Crippen LogP contribution in [0, 0.1) is 11.8 Å². The molecule has 1 saturated carbocycles. The van der Waals surface area contributed by atoms with Gasteiger partial charge in [0.05, 0.1) is 6.54 Å². The summed E-state index contributed by atoms with van der Waals surface area (Å²) in [5.74, 6) is 0.321. The summed E-state index contributed by atoms with van der Waals surface area (Å²) in [6.45, 7) is 5.37. The minimum absolute atomic E-state index is 0. The van der Waals surface area contributed by atoms with Gasteiger partial charge in [0.1, 0.15) is 6.04 Å². The second kappa shape index (κ2) is 8.73. The van der Waals surface area contributed by atoms with E-state index in [0.717, 1.165) is 25.7 Å². The van der Waals surface area contributed by atoms with E-state index in [0.29, 0.717) is 24.8 Å². The number of likely N-dealkylation sites (tertiary alicyclic amines) is 1. The highest BCUT2D eigenvalue weighted by molar-refractivity contribution is 5.85. The minimum atomic E-state index is -0.804. The first-order valence-electron chi connectivity index (χ1n) is 8.25. The lowest BCUT2D eigenvalue weighted by Crippen LogP contribution is -2.52. The summed E-state index contributed by atoms with van der Waals surface area (Å²) in [6, 6.07) is -0.249. The van der Waals surface area contributed by atoms with Gasteiger partial charge >= 0.3 is 5.97 Å². The summed E-state index contributed by atoms with van der Waals surface area (Å²) in [4.78, 5) is 25.3. The number of amides is 1. The third kappa shape index (κ3) is 4.85. The maximum absolute atomic E-state index is 12.3. The van der Waals surface area contributed by atoms with E-state index in [4.69, 9.17) is 0 Å². The second-order valence-corrected chi connectivity index (χ2v) is 6.76. The summed E-state index contributed by atoms with van der Waals surface area (Å²) in [6.07, 6.45) is 6.01. The van der Waals surface area contributed by atoms with Crippen LogP contribution in [0.4, 0.5) is 0 Å². The minimum Gasteiger partial charge on any atom is -0.480 e. The van der Waals surface area contributed by atoms with E-state index >= 15 is 0 Å². The van der Waals surface area contributed by atoms with Crippen LogP contribution in [0.15, 0.2) is 0 Å². The van der Waals surface area contributed by atoms with Crippen LogP contribution < -0.4 is 5.32 Å². The number of piperidine rings is 1. The first-order valence-corrected chi connectivity index (χ1v) is 8.25. The predicted molar refractivity (Wildman–Crippen MR) is 88.2 cm³/mol. The van der Waals surface area contributed by atoms with Gasteiger partial charge in [0, 0.05) is 6.04 Å². The fraction of sp³-hybridized carbons (Fsp3) is 0.875. The molecule has 2 N–H and O–H groups in total. The first kappa shape index (κ1) is 19.2. The number of carbonyl (C=O) groups is 2. The van der Waals surface area contributed by atoms with Crippen LogP contribution in [0.25, 0.3) is 0 Å². The van der Waals surface area contributed by atoms with Crippen molar-refractivity contribution in [2.24, 2.45) is 11.8 Å². The lowest BCUT2D eigenvalue weighted by molar-refractivity contribution is -0.145. The number of hydrogen-bond donors (Lipinski definition) is 2. The SMILES string of the molecule is CC1CCCC(NC(=O)CN2CCCCC2C(=O)O)C1C.Cl. The van der Waals surface area contributed by atoms with Crippen molar-refractivity contribution in [1.29, 1.82) is 0 Å². The molecule has 1 aliphatic heterocycles. The van der Waals surface area contributed by atoms with Gasteiger partial charge < -0.3 is 10.4 Å². The van der Waals surface area contributed by atoms with E-state index in [9.17, 15) is 14.7 Å². The van der Waals surface area contributed by atoms with Crippen molar-refractivity contribution < 1.29 is 14.7 Å². The number of hydrogen-bond acceptors (Lipinski definition) is 3. The molecule has 22 heavy (non-hydrogen) atoms. The molecule has 0 aromatic heterocycles. The number of carbonyl (C=O) groups excluding carboxylic acids is 1. The fourth-order valence-electron chi connectivity index (χ4n) is 3.68. The van der Waals surface area contributed by atoms with E-state index in [1.54, 1.807) is 0 Å². The zero-order valence-electron chi connectivity index (χ0n) is 13.6. The highest BCUT2D eigenvalue weighted by atomic mass is 35.5. The molecule has 0 radical (unpaired) electrons. The molecule has 5 nitrogen and oxygen atoms in total. The molecule has 2 fully saturated rings. The molecule has 0 aromatic carbocycles. The Kier molecular flexibility index (Phi) is 7.63. The normalized spacial score (nSPS) is 32.8. The largest absolute Gasteiger partial charge is 0.480 e. The smallest absolute Gasteiger partial charge is 0.320 e. The standard InChI is InChI=1S/C16H28N2O3.ClH/c1-11-6-5-7-13(12(11)2)17-15(19)10-18-9-4-3-8-14(18)16(20)21;/h11-14H,3-10H2,1-2H3,(H,17,19)(H,20,21);1H. The van der Waals surface area contributed by atoms with E-state index < -0.39 is 12.0 Å². The topological polar surface area (TPSA) is 69.6 Å². The number of carboxylic acid groups (broad SMARTS) is 1. The van der Waals surface area contributed by atoms with Crippen molar-refractivity contribution in [3.8, 4) is 0 Å². The molecule has 0 bridgehead atoms. The molecule has 0 spiro atoms. The van der Waals surface area contributed by atoms with Crippen LogP contribution >= 0.6 is 12.4 Å². The molecule has 1 aliphatic carbocycles. The molecular weight excluding hydrogens is 304 g/mol. The van der Waals surface area contributed by atoms with Crippen molar-refractivity contribution in [3.05, 3.63) is 0 Å². The molecule has 1 heterocycles. The van der Waals surface area contributed by atoms with Crippen molar-refractivity contribution >= 4 is 24.3 Å². The molecule has 4 atom stereocenters. The highest BCUT2D eigenvalue weighted by Crippen LogP contribution is 2.29. The van der Waals surface area contributed by atoms with Crippen LogP contribution in [0.1, 0.15) is 52.4 Å². The van der Waals surface area contributed by atoms with Gasteiger partial charge in [0.2, 0.25) is 5.91 Å². The van der Waals surface area contributed by atoms with Crippen molar-refractivity contribution in [3.63, 3.8) is 0 Å². The molecule has 2 rings (SSSR count). The maximum Gasteiger partial charge on any atom is 0.320 e. The van der Waals surface area contributed by atoms with E-state index in [2.05, 4.69) is 19.2 Å². The zero-order valence-corrected chi connectivity index (χ0v) is 14.4. The number of aliphatic carboxylic acids is 1. The lowest BCUT2D eigenvalue weighted by atomic mass is 9.78. The quantitative estimate of drug-likeness (QED) is 0.828. The number of nitrogens with one attached hydrogen (secondary N) is 1. The molecule has 1 saturated heterocycles. The van der Waals surface area contributed by atoms with Crippen LogP contribution in [0.2, 0.25) is 0 Å². The van der Waals surface area contributed by atoms with E-state index in [1.807, 2.05) is 4.90 Å². The predicted octanol–water partition coefficient (Wildman–Crippen LogP) is 2.29. The van der Waals surface area contributed by atoms with Crippen molar-refractivity contribution in [1.82, 2.24) is 10.2 Å². The summed E-state index contributed by atoms with van der Waals surface area (Å²) in [5.41, 5.74) is 0. The van der Waals surface area contributed by atoms with Crippen LogP contribution in [-0.2, 0) is 9.59 Å². The number of rotatable bonds is 4. The van der Waals surface area contributed by atoms with Gasteiger partial charge in [-0.15, -0.1) is 12.4 Å². The molecule has 0 aromatic rings. The lowest BCUT2D eigenvalue weighted by Gasteiger charge is -2.36.